The minimum atomic E-state index is -0.257. The Hall–Kier alpha value is -1.38. The van der Waals surface area contributed by atoms with Crippen LogP contribution in [0.5, 0.6) is 0 Å². The third kappa shape index (κ3) is 5.26. The molecule has 0 amide bonds. The van der Waals surface area contributed by atoms with Gasteiger partial charge >= 0.3 is 5.97 Å². The third-order valence-electron chi connectivity index (χ3n) is 7.96. The van der Waals surface area contributed by atoms with Crippen LogP contribution in [0, 0.1) is 34.5 Å². The van der Waals surface area contributed by atoms with E-state index in [1.54, 1.807) is 0 Å². The number of thiophene rings is 1. The molecule has 0 aromatic carbocycles. The van der Waals surface area contributed by atoms with E-state index in [4.69, 9.17) is 4.74 Å². The first kappa shape index (κ1) is 23.3. The summed E-state index contributed by atoms with van der Waals surface area (Å²) in [6.07, 6.45) is 13.0. The maximum atomic E-state index is 11.6. The summed E-state index contributed by atoms with van der Waals surface area (Å²) in [6, 6.07) is 6.45. The maximum Gasteiger partial charge on any atom is 0.348 e. The van der Waals surface area contributed by atoms with E-state index in [-0.39, 0.29) is 23.4 Å². The van der Waals surface area contributed by atoms with E-state index in [0.717, 1.165) is 57.8 Å². The van der Waals surface area contributed by atoms with Crippen molar-refractivity contribution >= 4 is 17.3 Å². The molecular formula is C25H37NO3S. The van der Waals surface area contributed by atoms with Crippen LogP contribution in [0.3, 0.4) is 0 Å². The summed E-state index contributed by atoms with van der Waals surface area (Å²) in [5, 5.41) is 20.3. The molecule has 0 spiro atoms. The Labute approximate surface area is 185 Å². The average Bonchev–Trinajstić information content (AvgIpc) is 3.34. The number of ether oxygens (including phenoxy) is 1. The van der Waals surface area contributed by atoms with Crippen molar-refractivity contribution in [3.8, 4) is 6.07 Å². The molecule has 2 aliphatic carbocycles. The van der Waals surface area contributed by atoms with Crippen molar-refractivity contribution in [3.05, 3.63) is 21.9 Å². The first-order valence-corrected chi connectivity index (χ1v) is 12.6. The largest absolute Gasteiger partial charge is 0.465 e. The molecule has 4 nitrogen and oxygen atoms in total. The fourth-order valence-corrected chi connectivity index (χ4v) is 6.74. The molecule has 1 aromatic heterocycles. The first-order valence-electron chi connectivity index (χ1n) is 11.8. The number of hydrogen-bond acceptors (Lipinski definition) is 5. The Morgan fingerprint density at radius 3 is 2.77 bits per heavy atom. The zero-order valence-electron chi connectivity index (χ0n) is 18.6. The topological polar surface area (TPSA) is 70.3 Å². The number of aliphatic hydroxyl groups is 1. The average molecular weight is 432 g/mol. The van der Waals surface area contributed by atoms with Crippen LogP contribution in [0.1, 0.15) is 92.1 Å². The Morgan fingerprint density at radius 2 is 2.13 bits per heavy atom. The van der Waals surface area contributed by atoms with Crippen LogP contribution in [0.2, 0.25) is 0 Å². The standard InChI is InChI=1S/C25H37NO3S/c1-3-25(15-6-16-25)23(27)10-5-9-21-18(11-12-19(21)17-26)7-4-8-20-13-14-22(30-20)24(28)29-2/h13-14,18-19,21,23,27H,3-12,15-16H2,1-2H3/t18-,19-,21+,23?/m0/s1. The zero-order chi connectivity index (χ0) is 21.6. The number of carbonyl (C=O) groups excluding carboxylic acids is 1. The molecule has 2 aliphatic rings. The van der Waals surface area contributed by atoms with E-state index >= 15 is 0 Å². The van der Waals surface area contributed by atoms with Gasteiger partial charge in [-0.3, -0.25) is 0 Å². The summed E-state index contributed by atoms with van der Waals surface area (Å²) in [5.74, 6) is 1.03. The number of aryl methyl sites for hydroxylation is 1. The van der Waals surface area contributed by atoms with Gasteiger partial charge in [0.15, 0.2) is 0 Å². The van der Waals surface area contributed by atoms with Crippen LogP contribution in [-0.4, -0.2) is 24.3 Å². The van der Waals surface area contributed by atoms with Crippen molar-refractivity contribution < 1.29 is 14.6 Å². The van der Waals surface area contributed by atoms with Crippen molar-refractivity contribution in [1.29, 1.82) is 5.26 Å². The number of aliphatic hydroxyl groups excluding tert-OH is 1. The minimum Gasteiger partial charge on any atom is -0.465 e. The van der Waals surface area contributed by atoms with Gasteiger partial charge in [-0.2, -0.15) is 5.26 Å². The van der Waals surface area contributed by atoms with Crippen molar-refractivity contribution in [1.82, 2.24) is 0 Å². The molecule has 1 heterocycles. The Morgan fingerprint density at radius 1 is 1.33 bits per heavy atom. The molecule has 1 unspecified atom stereocenters. The number of hydrogen-bond donors (Lipinski definition) is 1. The molecule has 2 saturated carbocycles. The molecule has 0 aliphatic heterocycles. The van der Waals surface area contributed by atoms with Crippen LogP contribution in [0.15, 0.2) is 12.1 Å². The summed E-state index contributed by atoms with van der Waals surface area (Å²) >= 11 is 1.53. The van der Waals surface area contributed by atoms with Gasteiger partial charge in [0.1, 0.15) is 4.88 Å². The molecule has 0 radical (unpaired) electrons. The lowest BCUT2D eigenvalue weighted by Gasteiger charge is -2.45. The number of esters is 1. The van der Waals surface area contributed by atoms with Gasteiger partial charge in [0.2, 0.25) is 0 Å². The molecule has 5 heteroatoms. The van der Waals surface area contributed by atoms with E-state index in [0.29, 0.717) is 16.7 Å². The van der Waals surface area contributed by atoms with Crippen molar-refractivity contribution in [2.75, 3.05) is 7.11 Å². The summed E-state index contributed by atoms with van der Waals surface area (Å²) in [6.45, 7) is 2.21. The predicted molar refractivity (Wildman–Crippen MR) is 120 cm³/mol. The van der Waals surface area contributed by atoms with Gasteiger partial charge < -0.3 is 9.84 Å². The van der Waals surface area contributed by atoms with Crippen LogP contribution in [0.4, 0.5) is 0 Å². The van der Waals surface area contributed by atoms with Gasteiger partial charge in [-0.1, -0.05) is 19.8 Å². The minimum absolute atomic E-state index is 0.167. The lowest BCUT2D eigenvalue weighted by molar-refractivity contribution is -0.0438. The molecule has 1 aromatic rings. The van der Waals surface area contributed by atoms with E-state index in [1.807, 2.05) is 12.1 Å². The van der Waals surface area contributed by atoms with Gasteiger partial charge in [0.25, 0.3) is 0 Å². The first-order chi connectivity index (χ1) is 14.5. The fourth-order valence-electron chi connectivity index (χ4n) is 5.77. The van der Waals surface area contributed by atoms with E-state index in [1.165, 1.54) is 42.6 Å². The quantitative estimate of drug-likeness (QED) is 0.428. The second-order valence-electron chi connectivity index (χ2n) is 9.40. The molecule has 30 heavy (non-hydrogen) atoms. The lowest BCUT2D eigenvalue weighted by Crippen LogP contribution is -2.40. The van der Waals surface area contributed by atoms with E-state index in [2.05, 4.69) is 13.0 Å². The maximum absolute atomic E-state index is 11.6. The normalized spacial score (nSPS) is 26.0. The van der Waals surface area contributed by atoms with E-state index in [9.17, 15) is 15.2 Å². The molecule has 4 atom stereocenters. The van der Waals surface area contributed by atoms with Crippen molar-refractivity contribution in [2.24, 2.45) is 23.2 Å². The molecule has 0 bridgehead atoms. The zero-order valence-corrected chi connectivity index (χ0v) is 19.4. The van der Waals surface area contributed by atoms with Gasteiger partial charge in [0, 0.05) is 10.8 Å². The van der Waals surface area contributed by atoms with Gasteiger partial charge in [-0.15, -0.1) is 11.3 Å². The summed E-state index contributed by atoms with van der Waals surface area (Å²) < 4.78 is 4.79. The second-order valence-corrected chi connectivity index (χ2v) is 10.6. The molecular weight excluding hydrogens is 394 g/mol. The van der Waals surface area contributed by atoms with Gasteiger partial charge in [0.05, 0.1) is 19.3 Å². The Balaban J connectivity index is 1.45. The van der Waals surface area contributed by atoms with Gasteiger partial charge in [-0.25, -0.2) is 4.79 Å². The molecule has 0 saturated heterocycles. The van der Waals surface area contributed by atoms with Crippen LogP contribution >= 0.6 is 11.3 Å². The monoisotopic (exact) mass is 431 g/mol. The third-order valence-corrected chi connectivity index (χ3v) is 9.08. The molecule has 166 valence electrons. The number of nitrogens with zero attached hydrogens (tertiary/aromatic N) is 1. The van der Waals surface area contributed by atoms with Gasteiger partial charge in [-0.05, 0) is 93.6 Å². The Bertz CT molecular complexity index is 727. The highest BCUT2D eigenvalue weighted by atomic mass is 32.1. The summed E-state index contributed by atoms with van der Waals surface area (Å²) in [5.41, 5.74) is 0.188. The number of nitriles is 1. The van der Waals surface area contributed by atoms with Crippen molar-refractivity contribution in [2.45, 2.75) is 90.1 Å². The summed E-state index contributed by atoms with van der Waals surface area (Å²) in [7, 11) is 1.42. The van der Waals surface area contributed by atoms with Crippen LogP contribution in [-0.2, 0) is 11.2 Å². The van der Waals surface area contributed by atoms with E-state index < -0.39 is 0 Å². The molecule has 2 fully saturated rings. The smallest absolute Gasteiger partial charge is 0.348 e. The number of rotatable bonds is 11. The highest BCUT2D eigenvalue weighted by Crippen LogP contribution is 2.48. The highest BCUT2D eigenvalue weighted by Gasteiger charge is 2.41. The molecule has 1 N–H and O–H groups in total. The summed E-state index contributed by atoms with van der Waals surface area (Å²) in [4.78, 5) is 13.5. The lowest BCUT2D eigenvalue weighted by atomic mass is 9.62. The molecule has 3 rings (SSSR count). The van der Waals surface area contributed by atoms with Crippen LogP contribution in [0.25, 0.3) is 0 Å². The SMILES string of the molecule is CCC1(C(O)CCC[C@@H]2[C@@H](CCCc3ccc(C(=O)OC)s3)CC[C@H]2C#N)CCC1. The van der Waals surface area contributed by atoms with Crippen LogP contribution < -0.4 is 0 Å². The number of methoxy groups -OCH3 is 1. The van der Waals surface area contributed by atoms with Crippen molar-refractivity contribution in [3.63, 3.8) is 0 Å². The fraction of sp³-hybridized carbons (Fsp3) is 0.760. The number of carbonyl (C=O) groups is 1. The highest BCUT2D eigenvalue weighted by molar-refractivity contribution is 7.13. The second kappa shape index (κ2) is 10.8. The Kier molecular flexibility index (Phi) is 8.36. The predicted octanol–water partition coefficient (Wildman–Crippen LogP) is 6.13.